The second kappa shape index (κ2) is 4.96. The summed E-state index contributed by atoms with van der Waals surface area (Å²) in [4.78, 5) is 9.77. The molecule has 0 fully saturated rings. The normalized spacial score (nSPS) is 11.4. The topological polar surface area (TPSA) is 50.8 Å². The van der Waals surface area contributed by atoms with Crippen LogP contribution in [0.5, 0.6) is 5.88 Å². The average Bonchev–Trinajstić information content (AvgIpc) is 2.37. The Morgan fingerprint density at radius 1 is 1.32 bits per heavy atom. The molecule has 19 heavy (non-hydrogen) atoms. The van der Waals surface area contributed by atoms with Gasteiger partial charge in [-0.15, -0.1) is 0 Å². The number of aromatic amines is 1. The van der Waals surface area contributed by atoms with Crippen LogP contribution in [0.1, 0.15) is 5.69 Å². The molecule has 0 bridgehead atoms. The summed E-state index contributed by atoms with van der Waals surface area (Å²) in [6.45, 7) is 0. The molecule has 0 atom stereocenters. The van der Waals surface area contributed by atoms with E-state index in [1.165, 1.54) is 19.4 Å². The molecule has 2 heterocycles. The SMILES string of the molecule is COc1ccc(-c2cc(C(F)(F)F)[nH]c(=S)n2)cn1. The van der Waals surface area contributed by atoms with Crippen LogP contribution in [0.2, 0.25) is 0 Å². The lowest BCUT2D eigenvalue weighted by atomic mass is 10.2. The number of hydrogen-bond donors (Lipinski definition) is 1. The fraction of sp³-hybridized carbons (Fsp3) is 0.182. The largest absolute Gasteiger partial charge is 0.481 e. The van der Waals surface area contributed by atoms with Gasteiger partial charge in [-0.1, -0.05) is 0 Å². The van der Waals surface area contributed by atoms with Gasteiger partial charge >= 0.3 is 6.18 Å². The van der Waals surface area contributed by atoms with Gasteiger partial charge in [-0.25, -0.2) is 9.97 Å². The maximum Gasteiger partial charge on any atom is 0.431 e. The highest BCUT2D eigenvalue weighted by atomic mass is 32.1. The van der Waals surface area contributed by atoms with E-state index in [4.69, 9.17) is 17.0 Å². The zero-order valence-corrected chi connectivity index (χ0v) is 10.5. The number of hydrogen-bond acceptors (Lipinski definition) is 4. The lowest BCUT2D eigenvalue weighted by molar-refractivity contribution is -0.141. The minimum Gasteiger partial charge on any atom is -0.481 e. The van der Waals surface area contributed by atoms with Crippen molar-refractivity contribution in [1.82, 2.24) is 15.0 Å². The van der Waals surface area contributed by atoms with Crippen LogP contribution in [0.3, 0.4) is 0 Å². The number of rotatable bonds is 2. The fourth-order valence-corrected chi connectivity index (χ4v) is 1.62. The summed E-state index contributed by atoms with van der Waals surface area (Å²) >= 11 is 4.69. The fourth-order valence-electron chi connectivity index (χ4n) is 1.41. The molecule has 4 nitrogen and oxygen atoms in total. The minimum atomic E-state index is -4.51. The molecule has 2 aromatic rings. The maximum absolute atomic E-state index is 12.6. The van der Waals surface area contributed by atoms with E-state index in [1.54, 1.807) is 6.07 Å². The summed E-state index contributed by atoms with van der Waals surface area (Å²) < 4.78 is 42.6. The zero-order valence-electron chi connectivity index (χ0n) is 9.65. The quantitative estimate of drug-likeness (QED) is 0.862. The van der Waals surface area contributed by atoms with Crippen molar-refractivity contribution in [3.8, 4) is 17.1 Å². The van der Waals surface area contributed by atoms with Crippen molar-refractivity contribution in [2.75, 3.05) is 7.11 Å². The predicted octanol–water partition coefficient (Wildman–Crippen LogP) is 3.23. The Kier molecular flexibility index (Phi) is 3.52. The number of methoxy groups -OCH3 is 1. The van der Waals surface area contributed by atoms with Crippen LogP contribution >= 0.6 is 12.2 Å². The van der Waals surface area contributed by atoms with Crippen molar-refractivity contribution in [2.24, 2.45) is 0 Å². The van der Waals surface area contributed by atoms with Gasteiger partial charge in [-0.05, 0) is 24.4 Å². The van der Waals surface area contributed by atoms with Crippen molar-refractivity contribution in [1.29, 1.82) is 0 Å². The van der Waals surface area contributed by atoms with Gasteiger partial charge < -0.3 is 9.72 Å². The summed E-state index contributed by atoms with van der Waals surface area (Å²) in [7, 11) is 1.45. The van der Waals surface area contributed by atoms with Gasteiger partial charge in [0.15, 0.2) is 4.77 Å². The van der Waals surface area contributed by atoms with Crippen molar-refractivity contribution >= 4 is 12.2 Å². The highest BCUT2D eigenvalue weighted by molar-refractivity contribution is 7.71. The van der Waals surface area contributed by atoms with Crippen LogP contribution in [-0.4, -0.2) is 22.1 Å². The summed E-state index contributed by atoms with van der Waals surface area (Å²) in [6.07, 6.45) is -3.14. The molecule has 2 rings (SSSR count). The van der Waals surface area contributed by atoms with Crippen LogP contribution in [0.15, 0.2) is 24.4 Å². The van der Waals surface area contributed by atoms with Gasteiger partial charge in [0.2, 0.25) is 5.88 Å². The van der Waals surface area contributed by atoms with E-state index < -0.39 is 11.9 Å². The molecule has 1 N–H and O–H groups in total. The predicted molar refractivity (Wildman–Crippen MR) is 64.2 cm³/mol. The first-order chi connectivity index (χ1) is 8.90. The van der Waals surface area contributed by atoms with E-state index in [1.807, 2.05) is 4.98 Å². The molecule has 0 unspecified atom stereocenters. The molecule has 8 heteroatoms. The minimum absolute atomic E-state index is 0.103. The number of ether oxygens (including phenoxy) is 1. The zero-order chi connectivity index (χ0) is 14.0. The first kappa shape index (κ1) is 13.5. The van der Waals surface area contributed by atoms with Gasteiger partial charge in [0, 0.05) is 17.8 Å². The van der Waals surface area contributed by atoms with Crippen molar-refractivity contribution in [3.63, 3.8) is 0 Å². The standard InChI is InChI=1S/C11H8F3N3OS/c1-18-9-3-2-6(5-15-9)7-4-8(11(12,13)14)17-10(19)16-7/h2-5H,1H3,(H,16,17,19). The van der Waals surface area contributed by atoms with E-state index in [2.05, 4.69) is 9.97 Å². The number of nitrogens with one attached hydrogen (secondary N) is 1. The molecule has 0 aromatic carbocycles. The molecule has 0 aliphatic carbocycles. The van der Waals surface area contributed by atoms with Gasteiger partial charge in [0.25, 0.3) is 0 Å². The Morgan fingerprint density at radius 3 is 2.58 bits per heavy atom. The molecular formula is C11H8F3N3OS. The molecular weight excluding hydrogens is 279 g/mol. The summed E-state index contributed by atoms with van der Waals surface area (Å²) in [5.74, 6) is 0.362. The molecule has 0 amide bonds. The molecule has 0 aliphatic rings. The van der Waals surface area contributed by atoms with Crippen LogP contribution < -0.4 is 4.74 Å². The van der Waals surface area contributed by atoms with E-state index >= 15 is 0 Å². The van der Waals surface area contributed by atoms with Crippen molar-refractivity contribution in [2.45, 2.75) is 6.18 Å². The third-order valence-corrected chi connectivity index (χ3v) is 2.48. The van der Waals surface area contributed by atoms with E-state index in [0.29, 0.717) is 11.4 Å². The Labute approximate surface area is 111 Å². The maximum atomic E-state index is 12.6. The molecule has 0 saturated carbocycles. The number of nitrogens with zero attached hydrogens (tertiary/aromatic N) is 2. The van der Waals surface area contributed by atoms with E-state index in [9.17, 15) is 13.2 Å². The van der Waals surface area contributed by atoms with Crippen molar-refractivity contribution in [3.05, 3.63) is 34.9 Å². The Hall–Kier alpha value is -1.96. The molecule has 0 aliphatic heterocycles. The number of aromatic nitrogens is 3. The lowest BCUT2D eigenvalue weighted by Crippen LogP contribution is -2.09. The molecule has 2 aromatic heterocycles. The molecule has 100 valence electrons. The van der Waals surface area contributed by atoms with E-state index in [-0.39, 0.29) is 10.5 Å². The third-order valence-electron chi connectivity index (χ3n) is 2.29. The molecule has 0 spiro atoms. The highest BCUT2D eigenvalue weighted by Crippen LogP contribution is 2.29. The Balaban J connectivity index is 2.49. The monoisotopic (exact) mass is 287 g/mol. The first-order valence-corrected chi connectivity index (χ1v) is 5.50. The number of pyridine rings is 1. The molecule has 0 saturated heterocycles. The van der Waals surface area contributed by atoms with Crippen molar-refractivity contribution < 1.29 is 17.9 Å². The van der Waals surface area contributed by atoms with Gasteiger partial charge in [0.05, 0.1) is 12.8 Å². The Morgan fingerprint density at radius 2 is 2.05 bits per heavy atom. The second-order valence-electron chi connectivity index (χ2n) is 3.57. The lowest BCUT2D eigenvalue weighted by Gasteiger charge is -2.08. The van der Waals surface area contributed by atoms with Gasteiger partial charge in [-0.3, -0.25) is 0 Å². The van der Waals surface area contributed by atoms with Gasteiger partial charge in [-0.2, -0.15) is 13.2 Å². The van der Waals surface area contributed by atoms with E-state index in [0.717, 1.165) is 6.07 Å². The summed E-state index contributed by atoms with van der Waals surface area (Å²) in [6, 6.07) is 3.98. The highest BCUT2D eigenvalue weighted by Gasteiger charge is 2.32. The third kappa shape index (κ3) is 3.08. The van der Waals surface area contributed by atoms with Crippen LogP contribution in [0.4, 0.5) is 13.2 Å². The first-order valence-electron chi connectivity index (χ1n) is 5.09. The Bertz CT molecular complexity index is 637. The average molecular weight is 287 g/mol. The van der Waals surface area contributed by atoms with Gasteiger partial charge in [0.1, 0.15) is 5.69 Å². The smallest absolute Gasteiger partial charge is 0.431 e. The number of halogens is 3. The number of alkyl halides is 3. The molecule has 0 radical (unpaired) electrons. The second-order valence-corrected chi connectivity index (χ2v) is 3.96. The summed E-state index contributed by atoms with van der Waals surface area (Å²) in [5.41, 5.74) is -0.420. The van der Waals surface area contributed by atoms with Crippen LogP contribution in [0.25, 0.3) is 11.3 Å². The number of H-pyrrole nitrogens is 1. The summed E-state index contributed by atoms with van der Waals surface area (Å²) in [5, 5.41) is 0. The van der Waals surface area contributed by atoms with Crippen LogP contribution in [-0.2, 0) is 6.18 Å². The van der Waals surface area contributed by atoms with Crippen LogP contribution in [0, 0.1) is 4.77 Å².